The van der Waals surface area contributed by atoms with Crippen molar-refractivity contribution in [1.82, 2.24) is 4.98 Å². The zero-order chi connectivity index (χ0) is 10.8. The van der Waals surface area contributed by atoms with Gasteiger partial charge in [-0.25, -0.2) is 4.98 Å². The number of rotatable bonds is 2. The number of hydrogen-bond donors (Lipinski definition) is 1. The molecule has 1 aromatic heterocycles. The Balaban J connectivity index is 2.28. The van der Waals surface area contributed by atoms with Crippen LogP contribution in [0.3, 0.4) is 0 Å². The molecular weight excluding hydrogens is 277 g/mol. The molecule has 0 spiro atoms. The van der Waals surface area contributed by atoms with Crippen LogP contribution in [0.4, 0.5) is 5.82 Å². The summed E-state index contributed by atoms with van der Waals surface area (Å²) in [6, 6.07) is 2.26. The summed E-state index contributed by atoms with van der Waals surface area (Å²) in [5, 5.41) is 0.685. The van der Waals surface area contributed by atoms with E-state index in [2.05, 4.69) is 25.8 Å². The smallest absolute Gasteiger partial charge is 0.147 e. The van der Waals surface area contributed by atoms with Gasteiger partial charge in [-0.05, 0) is 34.8 Å². The molecule has 0 radical (unpaired) electrons. The minimum Gasteiger partial charge on any atom is -0.351 e. The first-order chi connectivity index (χ1) is 7.22. The van der Waals surface area contributed by atoms with Crippen molar-refractivity contribution < 1.29 is 0 Å². The monoisotopic (exact) mass is 289 g/mol. The van der Waals surface area contributed by atoms with E-state index in [4.69, 9.17) is 17.3 Å². The lowest BCUT2D eigenvalue weighted by Crippen LogP contribution is -2.36. The molecule has 0 aromatic carbocycles. The summed E-state index contributed by atoms with van der Waals surface area (Å²) in [6.07, 6.45) is 4.06. The quantitative estimate of drug-likeness (QED) is 0.909. The van der Waals surface area contributed by atoms with E-state index in [0.717, 1.165) is 29.7 Å². The Morgan fingerprint density at radius 2 is 2.47 bits per heavy atom. The van der Waals surface area contributed by atoms with Crippen LogP contribution >= 0.6 is 27.5 Å². The fourth-order valence-electron chi connectivity index (χ4n) is 1.98. The van der Waals surface area contributed by atoms with Crippen LogP contribution in [-0.4, -0.2) is 24.1 Å². The summed E-state index contributed by atoms with van der Waals surface area (Å²) in [5.41, 5.74) is 5.72. The molecule has 15 heavy (non-hydrogen) atoms. The van der Waals surface area contributed by atoms with Gasteiger partial charge in [-0.1, -0.05) is 11.6 Å². The van der Waals surface area contributed by atoms with E-state index in [1.165, 1.54) is 0 Å². The molecule has 0 aliphatic carbocycles. The van der Waals surface area contributed by atoms with E-state index >= 15 is 0 Å². The average Bonchev–Trinajstić information content (AvgIpc) is 2.65. The Kier molecular flexibility index (Phi) is 3.49. The van der Waals surface area contributed by atoms with Crippen molar-refractivity contribution in [2.75, 3.05) is 18.0 Å². The SMILES string of the molecule is NCC1CCCN1c1ncc(Br)cc1Cl. The summed E-state index contributed by atoms with van der Waals surface area (Å²) in [7, 11) is 0. The second kappa shape index (κ2) is 4.68. The van der Waals surface area contributed by atoms with Gasteiger partial charge >= 0.3 is 0 Å². The predicted molar refractivity (Wildman–Crippen MR) is 66.4 cm³/mol. The highest BCUT2D eigenvalue weighted by Gasteiger charge is 2.25. The van der Waals surface area contributed by atoms with Crippen molar-refractivity contribution in [1.29, 1.82) is 0 Å². The van der Waals surface area contributed by atoms with Gasteiger partial charge in [0.05, 0.1) is 5.02 Å². The highest BCUT2D eigenvalue weighted by atomic mass is 79.9. The predicted octanol–water partition coefficient (Wildman–Crippen LogP) is 2.42. The second-order valence-electron chi connectivity index (χ2n) is 3.68. The van der Waals surface area contributed by atoms with Crippen molar-refractivity contribution in [2.24, 2.45) is 5.73 Å². The molecule has 1 unspecified atom stereocenters. The molecule has 1 aliphatic rings. The minimum absolute atomic E-state index is 0.385. The molecule has 0 bridgehead atoms. The Hall–Kier alpha value is -0.320. The topological polar surface area (TPSA) is 42.1 Å². The van der Waals surface area contributed by atoms with Crippen LogP contribution in [0.15, 0.2) is 16.7 Å². The molecule has 5 heteroatoms. The Labute approximate surface area is 103 Å². The van der Waals surface area contributed by atoms with Gasteiger partial charge in [-0.2, -0.15) is 0 Å². The highest BCUT2D eigenvalue weighted by molar-refractivity contribution is 9.10. The Morgan fingerprint density at radius 3 is 3.13 bits per heavy atom. The molecule has 0 saturated carbocycles. The third kappa shape index (κ3) is 2.27. The van der Waals surface area contributed by atoms with Gasteiger partial charge in [0.15, 0.2) is 0 Å². The molecule has 1 atom stereocenters. The first-order valence-electron chi connectivity index (χ1n) is 5.00. The van der Waals surface area contributed by atoms with Crippen LogP contribution in [-0.2, 0) is 0 Å². The molecule has 0 amide bonds. The van der Waals surface area contributed by atoms with Gasteiger partial charge in [-0.3, -0.25) is 0 Å². The van der Waals surface area contributed by atoms with Crippen LogP contribution in [0.2, 0.25) is 5.02 Å². The number of anilines is 1. The number of halogens is 2. The molecule has 3 nitrogen and oxygen atoms in total. The molecular formula is C10H13BrClN3. The molecule has 1 aliphatic heterocycles. The van der Waals surface area contributed by atoms with E-state index in [-0.39, 0.29) is 0 Å². The first-order valence-corrected chi connectivity index (χ1v) is 6.17. The average molecular weight is 291 g/mol. The lowest BCUT2D eigenvalue weighted by molar-refractivity contribution is 0.671. The third-order valence-corrected chi connectivity index (χ3v) is 3.42. The number of aromatic nitrogens is 1. The van der Waals surface area contributed by atoms with E-state index in [1.807, 2.05) is 6.07 Å². The molecule has 1 fully saturated rings. The number of nitrogens with two attached hydrogens (primary N) is 1. The molecule has 82 valence electrons. The number of nitrogens with zero attached hydrogens (tertiary/aromatic N) is 2. The van der Waals surface area contributed by atoms with E-state index in [0.29, 0.717) is 17.6 Å². The minimum atomic E-state index is 0.385. The van der Waals surface area contributed by atoms with Crippen LogP contribution < -0.4 is 10.6 Å². The van der Waals surface area contributed by atoms with Gasteiger partial charge in [0.1, 0.15) is 5.82 Å². The van der Waals surface area contributed by atoms with Gasteiger partial charge < -0.3 is 10.6 Å². The molecule has 1 saturated heterocycles. The van der Waals surface area contributed by atoms with Crippen molar-refractivity contribution >= 4 is 33.3 Å². The second-order valence-corrected chi connectivity index (χ2v) is 5.01. The number of pyridine rings is 1. The van der Waals surface area contributed by atoms with Gasteiger partial charge in [0, 0.05) is 29.8 Å². The molecule has 2 N–H and O–H groups in total. The fraction of sp³-hybridized carbons (Fsp3) is 0.500. The van der Waals surface area contributed by atoms with Crippen molar-refractivity contribution in [2.45, 2.75) is 18.9 Å². The molecule has 2 heterocycles. The standard InChI is InChI=1S/C10H13BrClN3/c11-7-4-9(12)10(14-6-7)15-3-1-2-8(15)5-13/h4,6,8H,1-3,5,13H2. The molecule has 2 rings (SSSR count). The molecule has 1 aromatic rings. The summed E-state index contributed by atoms with van der Waals surface area (Å²) < 4.78 is 0.903. The maximum atomic E-state index is 6.16. The van der Waals surface area contributed by atoms with Crippen molar-refractivity contribution in [3.05, 3.63) is 21.8 Å². The highest BCUT2D eigenvalue weighted by Crippen LogP contribution is 2.31. The normalized spacial score (nSPS) is 21.0. The van der Waals surface area contributed by atoms with Crippen LogP contribution in [0.5, 0.6) is 0 Å². The van der Waals surface area contributed by atoms with E-state index in [1.54, 1.807) is 6.20 Å². The van der Waals surface area contributed by atoms with Gasteiger partial charge in [0.2, 0.25) is 0 Å². The Morgan fingerprint density at radius 1 is 1.67 bits per heavy atom. The maximum Gasteiger partial charge on any atom is 0.147 e. The third-order valence-electron chi connectivity index (χ3n) is 2.71. The fourth-order valence-corrected chi connectivity index (χ4v) is 2.72. The van der Waals surface area contributed by atoms with Gasteiger partial charge in [-0.15, -0.1) is 0 Å². The van der Waals surface area contributed by atoms with Crippen molar-refractivity contribution in [3.8, 4) is 0 Å². The zero-order valence-corrected chi connectivity index (χ0v) is 10.6. The lowest BCUT2D eigenvalue weighted by Gasteiger charge is -2.25. The lowest BCUT2D eigenvalue weighted by atomic mass is 10.2. The zero-order valence-electron chi connectivity index (χ0n) is 8.29. The van der Waals surface area contributed by atoms with Crippen LogP contribution in [0.1, 0.15) is 12.8 Å². The summed E-state index contributed by atoms with van der Waals surface area (Å²) in [6.45, 7) is 1.66. The summed E-state index contributed by atoms with van der Waals surface area (Å²) >= 11 is 9.50. The maximum absolute atomic E-state index is 6.16. The van der Waals surface area contributed by atoms with Crippen molar-refractivity contribution in [3.63, 3.8) is 0 Å². The van der Waals surface area contributed by atoms with E-state index in [9.17, 15) is 0 Å². The number of hydrogen-bond acceptors (Lipinski definition) is 3. The summed E-state index contributed by atoms with van der Waals surface area (Å²) in [5.74, 6) is 0.854. The van der Waals surface area contributed by atoms with Crippen LogP contribution in [0, 0.1) is 0 Å². The Bertz CT molecular complexity index is 359. The van der Waals surface area contributed by atoms with E-state index < -0.39 is 0 Å². The van der Waals surface area contributed by atoms with Crippen LogP contribution in [0.25, 0.3) is 0 Å². The largest absolute Gasteiger partial charge is 0.351 e. The first kappa shape index (κ1) is 11.2. The summed E-state index contributed by atoms with van der Waals surface area (Å²) in [4.78, 5) is 6.55. The van der Waals surface area contributed by atoms with Gasteiger partial charge in [0.25, 0.3) is 0 Å².